The third-order valence-corrected chi connectivity index (χ3v) is 4.54. The minimum atomic E-state index is 0.190. The van der Waals surface area contributed by atoms with Gasteiger partial charge in [0.25, 0.3) is 0 Å². The molecule has 1 aliphatic rings. The van der Waals surface area contributed by atoms with Gasteiger partial charge < -0.3 is 23.7 Å². The topological polar surface area (TPSA) is 65.8 Å². The average Bonchev–Trinajstić information content (AvgIpc) is 3.19. The van der Waals surface area contributed by atoms with E-state index in [0.29, 0.717) is 23.7 Å². The second kappa shape index (κ2) is 7.04. The van der Waals surface area contributed by atoms with Gasteiger partial charge in [-0.3, -0.25) is 4.79 Å². The number of hydrogen-bond acceptors (Lipinski definition) is 5. The van der Waals surface area contributed by atoms with Gasteiger partial charge in [-0.1, -0.05) is 0 Å². The molecule has 3 rings (SSSR count). The second-order valence-corrected chi connectivity index (χ2v) is 6.13. The predicted molar refractivity (Wildman–Crippen MR) is 93.1 cm³/mol. The van der Waals surface area contributed by atoms with E-state index in [1.807, 2.05) is 25.4 Å². The Labute approximate surface area is 147 Å². The zero-order valence-corrected chi connectivity index (χ0v) is 15.0. The fourth-order valence-electron chi connectivity index (χ4n) is 3.34. The number of amides is 1. The van der Waals surface area contributed by atoms with Crippen LogP contribution in [0.1, 0.15) is 6.42 Å². The van der Waals surface area contributed by atoms with Crippen LogP contribution in [-0.2, 0) is 11.3 Å². The Morgan fingerprint density at radius 2 is 1.92 bits per heavy atom. The molecule has 1 aromatic carbocycles. The first kappa shape index (κ1) is 17.1. The van der Waals surface area contributed by atoms with Crippen molar-refractivity contribution in [3.63, 3.8) is 0 Å². The molecule has 0 aliphatic carbocycles. The molecule has 0 saturated carbocycles. The first-order chi connectivity index (χ1) is 12.1. The highest BCUT2D eigenvalue weighted by Crippen LogP contribution is 2.43. The maximum absolute atomic E-state index is 11.8. The van der Waals surface area contributed by atoms with Gasteiger partial charge in [0.05, 0.1) is 26.9 Å². The van der Waals surface area contributed by atoms with Crippen LogP contribution in [-0.4, -0.2) is 55.3 Å². The first-order valence-electron chi connectivity index (χ1n) is 8.13. The highest BCUT2D eigenvalue weighted by Gasteiger charge is 2.28. The van der Waals surface area contributed by atoms with Crippen LogP contribution in [0.25, 0.3) is 11.4 Å². The number of benzene rings is 1. The number of methoxy groups -OCH3 is 3. The van der Waals surface area contributed by atoms with E-state index in [2.05, 4.69) is 9.55 Å². The molecule has 0 spiro atoms. The normalized spacial score (nSPS) is 17.0. The number of ether oxygens (including phenoxy) is 3. The summed E-state index contributed by atoms with van der Waals surface area (Å²) in [4.78, 5) is 18.0. The van der Waals surface area contributed by atoms with Crippen molar-refractivity contribution in [2.24, 2.45) is 5.92 Å². The van der Waals surface area contributed by atoms with Crippen LogP contribution in [0.2, 0.25) is 0 Å². The van der Waals surface area contributed by atoms with E-state index < -0.39 is 0 Å². The van der Waals surface area contributed by atoms with E-state index in [4.69, 9.17) is 14.2 Å². The van der Waals surface area contributed by atoms with Crippen LogP contribution in [0.5, 0.6) is 17.2 Å². The van der Waals surface area contributed by atoms with Gasteiger partial charge in [0.15, 0.2) is 11.5 Å². The monoisotopic (exact) mass is 345 g/mol. The van der Waals surface area contributed by atoms with E-state index in [0.717, 1.165) is 24.5 Å². The van der Waals surface area contributed by atoms with Crippen LogP contribution in [0, 0.1) is 5.92 Å². The molecule has 0 N–H and O–H groups in total. The zero-order valence-electron chi connectivity index (χ0n) is 15.0. The van der Waals surface area contributed by atoms with Gasteiger partial charge in [-0.2, -0.15) is 0 Å². The van der Waals surface area contributed by atoms with E-state index in [-0.39, 0.29) is 11.8 Å². The summed E-state index contributed by atoms with van der Waals surface area (Å²) in [7, 11) is 6.61. The van der Waals surface area contributed by atoms with Crippen molar-refractivity contribution in [1.29, 1.82) is 0 Å². The molecular formula is C18H23N3O4. The van der Waals surface area contributed by atoms with Gasteiger partial charge in [-0.05, 0) is 12.1 Å². The SMILES string of the molecule is COc1ccc(-c2nccn2CC2CC(=O)N(C)C2)c(OC)c1OC. The summed E-state index contributed by atoms with van der Waals surface area (Å²) >= 11 is 0. The molecule has 1 saturated heterocycles. The van der Waals surface area contributed by atoms with Crippen molar-refractivity contribution in [3.8, 4) is 28.6 Å². The summed E-state index contributed by atoms with van der Waals surface area (Å²) < 4.78 is 18.4. The largest absolute Gasteiger partial charge is 0.493 e. The Morgan fingerprint density at radius 1 is 1.16 bits per heavy atom. The highest BCUT2D eigenvalue weighted by molar-refractivity contribution is 5.78. The van der Waals surface area contributed by atoms with Crippen molar-refractivity contribution in [1.82, 2.24) is 14.5 Å². The lowest BCUT2D eigenvalue weighted by Crippen LogP contribution is -2.20. The molecule has 2 aromatic rings. The summed E-state index contributed by atoms with van der Waals surface area (Å²) in [5.74, 6) is 2.96. The number of hydrogen-bond donors (Lipinski definition) is 0. The van der Waals surface area contributed by atoms with Gasteiger partial charge in [-0.25, -0.2) is 4.98 Å². The summed E-state index contributed by atoms with van der Waals surface area (Å²) in [6.07, 6.45) is 4.25. The average molecular weight is 345 g/mol. The number of aromatic nitrogens is 2. The molecule has 0 radical (unpaired) electrons. The van der Waals surface area contributed by atoms with Gasteiger partial charge in [0, 0.05) is 44.9 Å². The molecule has 1 amide bonds. The molecule has 1 unspecified atom stereocenters. The van der Waals surface area contributed by atoms with E-state index in [1.54, 1.807) is 32.4 Å². The Bertz CT molecular complexity index is 772. The molecule has 1 fully saturated rings. The molecule has 1 aromatic heterocycles. The lowest BCUT2D eigenvalue weighted by Gasteiger charge is -2.17. The lowest BCUT2D eigenvalue weighted by atomic mass is 10.1. The minimum absolute atomic E-state index is 0.190. The Morgan fingerprint density at radius 3 is 2.52 bits per heavy atom. The maximum Gasteiger partial charge on any atom is 0.222 e. The van der Waals surface area contributed by atoms with E-state index >= 15 is 0 Å². The Kier molecular flexibility index (Phi) is 4.83. The standard InChI is InChI=1S/C18H23N3O4/c1-20-10-12(9-15(20)22)11-21-8-7-19-18(21)13-5-6-14(23-2)17(25-4)16(13)24-3/h5-8,12H,9-11H2,1-4H3. The van der Waals surface area contributed by atoms with Crippen LogP contribution in [0.4, 0.5) is 0 Å². The second-order valence-electron chi connectivity index (χ2n) is 6.13. The van der Waals surface area contributed by atoms with Crippen molar-refractivity contribution >= 4 is 5.91 Å². The number of nitrogens with zero attached hydrogens (tertiary/aromatic N) is 3. The fourth-order valence-corrected chi connectivity index (χ4v) is 3.34. The Balaban J connectivity index is 1.96. The predicted octanol–water partition coefficient (Wildman–Crippen LogP) is 2.05. The van der Waals surface area contributed by atoms with Gasteiger partial charge >= 0.3 is 0 Å². The van der Waals surface area contributed by atoms with Gasteiger partial charge in [-0.15, -0.1) is 0 Å². The van der Waals surface area contributed by atoms with Crippen molar-refractivity contribution in [2.45, 2.75) is 13.0 Å². The quantitative estimate of drug-likeness (QED) is 0.802. The highest BCUT2D eigenvalue weighted by atomic mass is 16.5. The molecule has 1 atom stereocenters. The Hall–Kier alpha value is -2.70. The van der Waals surface area contributed by atoms with E-state index in [1.165, 1.54) is 0 Å². The minimum Gasteiger partial charge on any atom is -0.493 e. The molecule has 0 bridgehead atoms. The number of carbonyl (C=O) groups is 1. The van der Waals surface area contributed by atoms with Crippen molar-refractivity contribution < 1.29 is 19.0 Å². The third kappa shape index (κ3) is 3.14. The summed E-state index contributed by atoms with van der Waals surface area (Å²) in [6, 6.07) is 3.74. The summed E-state index contributed by atoms with van der Waals surface area (Å²) in [6.45, 7) is 1.49. The van der Waals surface area contributed by atoms with Crippen LogP contribution >= 0.6 is 0 Å². The van der Waals surface area contributed by atoms with Gasteiger partial charge in [0.1, 0.15) is 5.82 Å². The van der Waals surface area contributed by atoms with Crippen molar-refractivity contribution in [3.05, 3.63) is 24.5 Å². The third-order valence-electron chi connectivity index (χ3n) is 4.54. The molecule has 1 aliphatic heterocycles. The number of rotatable bonds is 6. The number of likely N-dealkylation sites (tertiary alicyclic amines) is 1. The smallest absolute Gasteiger partial charge is 0.222 e. The summed E-state index contributed by atoms with van der Waals surface area (Å²) in [5.41, 5.74) is 0.822. The van der Waals surface area contributed by atoms with Crippen LogP contribution in [0.3, 0.4) is 0 Å². The molecule has 25 heavy (non-hydrogen) atoms. The molecule has 7 heteroatoms. The molecule has 7 nitrogen and oxygen atoms in total. The molecule has 134 valence electrons. The molecular weight excluding hydrogens is 322 g/mol. The van der Waals surface area contributed by atoms with Crippen LogP contribution < -0.4 is 14.2 Å². The van der Waals surface area contributed by atoms with Crippen LogP contribution in [0.15, 0.2) is 24.5 Å². The lowest BCUT2D eigenvalue weighted by molar-refractivity contribution is -0.126. The van der Waals surface area contributed by atoms with Gasteiger partial charge in [0.2, 0.25) is 11.7 Å². The van der Waals surface area contributed by atoms with Crippen molar-refractivity contribution in [2.75, 3.05) is 34.9 Å². The first-order valence-corrected chi connectivity index (χ1v) is 8.13. The fraction of sp³-hybridized carbons (Fsp3) is 0.444. The number of carbonyl (C=O) groups excluding carboxylic acids is 1. The zero-order chi connectivity index (χ0) is 18.0. The maximum atomic E-state index is 11.8. The molecule has 2 heterocycles. The van der Waals surface area contributed by atoms with E-state index in [9.17, 15) is 4.79 Å². The number of imidazole rings is 1. The summed E-state index contributed by atoms with van der Waals surface area (Å²) in [5, 5.41) is 0.